The van der Waals surface area contributed by atoms with Crippen LogP contribution in [-0.2, 0) is 42.0 Å². The molecule has 156 valence electrons. The van der Waals surface area contributed by atoms with Gasteiger partial charge in [-0.1, -0.05) is 12.2 Å². The first-order valence-electron chi connectivity index (χ1n) is 8.64. The molecule has 0 saturated carbocycles. The predicted molar refractivity (Wildman–Crippen MR) is 96.9 cm³/mol. The van der Waals surface area contributed by atoms with Gasteiger partial charge >= 0.3 is 19.8 Å². The van der Waals surface area contributed by atoms with Crippen LogP contribution in [0.3, 0.4) is 0 Å². The maximum atomic E-state index is 12.3. The van der Waals surface area contributed by atoms with E-state index < -0.39 is 25.2 Å². The van der Waals surface area contributed by atoms with Crippen LogP contribution in [-0.4, -0.2) is 52.3 Å². The minimum absolute atomic E-state index is 0.0257. The van der Waals surface area contributed by atoms with Gasteiger partial charge in [0.1, 0.15) is 6.29 Å². The highest BCUT2D eigenvalue weighted by Gasteiger charge is 2.46. The maximum Gasteiger partial charge on any atom is 0.475 e. The van der Waals surface area contributed by atoms with Gasteiger partial charge < -0.3 is 14.3 Å². The number of methoxy groups -OCH3 is 2. The number of aldehydes is 1. The van der Waals surface area contributed by atoms with Crippen molar-refractivity contribution in [2.24, 2.45) is 5.41 Å². The van der Waals surface area contributed by atoms with Gasteiger partial charge in [-0.2, -0.15) is 0 Å². The Bertz CT molecular complexity index is 519. The van der Waals surface area contributed by atoms with Crippen molar-refractivity contribution in [1.29, 1.82) is 0 Å². The van der Waals surface area contributed by atoms with E-state index in [1.807, 2.05) is 0 Å². The van der Waals surface area contributed by atoms with E-state index in [9.17, 15) is 18.9 Å². The van der Waals surface area contributed by atoms with Gasteiger partial charge in [0.2, 0.25) is 0 Å². The monoisotopic (exact) mass is 408 g/mol. The van der Waals surface area contributed by atoms with Crippen molar-refractivity contribution in [2.75, 3.05) is 34.0 Å². The first-order chi connectivity index (χ1) is 12.9. The topological polar surface area (TPSA) is 114 Å². The zero-order chi connectivity index (χ0) is 20.8. The number of carbonyl (C=O) groups excluding carboxylic acids is 3. The minimum Gasteiger partial charge on any atom is -0.468 e. The molecule has 0 amide bonds. The first kappa shape index (κ1) is 25.5. The molecule has 0 atom stereocenters. The number of allylic oxidation sites excluding steroid dienone is 1. The molecule has 0 unspecified atom stereocenters. The zero-order valence-electron chi connectivity index (χ0n) is 16.3. The van der Waals surface area contributed by atoms with Gasteiger partial charge in [0.05, 0.1) is 34.0 Å². The fourth-order valence-electron chi connectivity index (χ4n) is 2.35. The Balaban J connectivity index is 5.13. The first-order valence-corrected chi connectivity index (χ1v) is 10.1. The van der Waals surface area contributed by atoms with Crippen molar-refractivity contribution in [1.82, 2.24) is 0 Å². The summed E-state index contributed by atoms with van der Waals surface area (Å²) in [6.45, 7) is 3.53. The van der Waals surface area contributed by atoms with Gasteiger partial charge in [0.15, 0.2) is 5.41 Å². The van der Waals surface area contributed by atoms with Crippen LogP contribution in [0, 0.1) is 5.41 Å². The summed E-state index contributed by atoms with van der Waals surface area (Å²) in [5, 5.41) is 0. The second-order valence-corrected chi connectivity index (χ2v) is 7.05. The Morgan fingerprint density at radius 3 is 1.96 bits per heavy atom. The van der Waals surface area contributed by atoms with Crippen LogP contribution in [0.2, 0.25) is 0 Å². The molecule has 0 saturated heterocycles. The molecule has 10 heteroatoms. The van der Waals surface area contributed by atoms with Gasteiger partial charge in [-0.25, -0.2) is 4.57 Å². The second-order valence-electron chi connectivity index (χ2n) is 5.38. The molecule has 0 radical (unpaired) electrons. The number of carbonyl (C=O) groups is 3. The Morgan fingerprint density at radius 2 is 1.52 bits per heavy atom. The predicted octanol–water partition coefficient (Wildman–Crippen LogP) is 2.83. The molecular weight excluding hydrogens is 379 g/mol. The molecule has 0 heterocycles. The third-order valence-electron chi connectivity index (χ3n) is 3.61. The number of unbranched alkanes of at least 4 members (excludes halogenated alkanes) is 1. The molecule has 0 rings (SSSR count). The van der Waals surface area contributed by atoms with Crippen molar-refractivity contribution in [3.63, 3.8) is 0 Å². The van der Waals surface area contributed by atoms with Crippen LogP contribution in [0.4, 0.5) is 0 Å². The summed E-state index contributed by atoms with van der Waals surface area (Å²) >= 11 is 0. The molecule has 0 aliphatic rings. The van der Waals surface area contributed by atoms with E-state index in [-0.39, 0.29) is 39.1 Å². The lowest BCUT2D eigenvalue weighted by atomic mass is 9.79. The molecule has 0 aromatic heterocycles. The Morgan fingerprint density at radius 1 is 0.963 bits per heavy atom. The molecule has 0 N–H and O–H groups in total. The van der Waals surface area contributed by atoms with Crippen molar-refractivity contribution in [3.05, 3.63) is 12.2 Å². The molecular formula is C17H29O9P. The minimum atomic E-state index is -3.65. The molecule has 0 aliphatic carbocycles. The number of hydrogen-bond acceptors (Lipinski definition) is 9. The van der Waals surface area contributed by atoms with E-state index in [1.165, 1.54) is 26.4 Å². The van der Waals surface area contributed by atoms with Crippen LogP contribution in [0.25, 0.3) is 0 Å². The summed E-state index contributed by atoms with van der Waals surface area (Å²) in [5.74, 6) is -1.50. The SMILES string of the molecule is CCOP(=O)(OCC)OC/C=C/CC(CCCC=O)(C(=O)OC)C(=O)OC. The van der Waals surface area contributed by atoms with Crippen LogP contribution >= 0.6 is 7.82 Å². The maximum absolute atomic E-state index is 12.3. The normalized spacial score (nSPS) is 12.1. The summed E-state index contributed by atoms with van der Waals surface area (Å²) in [7, 11) is -1.30. The van der Waals surface area contributed by atoms with Crippen LogP contribution in [0.15, 0.2) is 12.2 Å². The van der Waals surface area contributed by atoms with Crippen molar-refractivity contribution in [3.8, 4) is 0 Å². The van der Waals surface area contributed by atoms with Crippen LogP contribution in [0.1, 0.15) is 39.5 Å². The molecule has 27 heavy (non-hydrogen) atoms. The van der Waals surface area contributed by atoms with Crippen LogP contribution in [0.5, 0.6) is 0 Å². The van der Waals surface area contributed by atoms with Crippen molar-refractivity contribution >= 4 is 26.0 Å². The van der Waals surface area contributed by atoms with E-state index >= 15 is 0 Å². The Hall–Kier alpha value is -1.54. The lowest BCUT2D eigenvalue weighted by molar-refractivity contribution is -0.169. The van der Waals surface area contributed by atoms with E-state index in [1.54, 1.807) is 13.8 Å². The summed E-state index contributed by atoms with van der Waals surface area (Å²) < 4.78 is 36.8. The number of phosphoric acid groups is 1. The third-order valence-corrected chi connectivity index (χ3v) is 5.23. The number of esters is 2. The van der Waals surface area contributed by atoms with Gasteiger partial charge in [-0.3, -0.25) is 23.2 Å². The van der Waals surface area contributed by atoms with E-state index in [2.05, 4.69) is 0 Å². The third kappa shape index (κ3) is 8.34. The largest absolute Gasteiger partial charge is 0.475 e. The number of ether oxygens (including phenoxy) is 2. The molecule has 0 aliphatic heterocycles. The van der Waals surface area contributed by atoms with Gasteiger partial charge in [0.25, 0.3) is 0 Å². The summed E-state index contributed by atoms with van der Waals surface area (Å²) in [6.07, 6.45) is 4.31. The quantitative estimate of drug-likeness (QED) is 0.101. The van der Waals surface area contributed by atoms with Crippen molar-refractivity contribution in [2.45, 2.75) is 39.5 Å². The van der Waals surface area contributed by atoms with Crippen LogP contribution < -0.4 is 0 Å². The summed E-state index contributed by atoms with van der Waals surface area (Å²) in [6, 6.07) is 0. The summed E-state index contributed by atoms with van der Waals surface area (Å²) in [4.78, 5) is 35.1. The number of hydrogen-bond donors (Lipinski definition) is 0. The Kier molecular flexibility index (Phi) is 12.8. The average Bonchev–Trinajstić information content (AvgIpc) is 2.65. The van der Waals surface area contributed by atoms with Crippen molar-refractivity contribution < 1.29 is 42.0 Å². The highest BCUT2D eigenvalue weighted by atomic mass is 31.2. The smallest absolute Gasteiger partial charge is 0.468 e. The lowest BCUT2D eigenvalue weighted by Gasteiger charge is -2.26. The fourth-order valence-corrected chi connectivity index (χ4v) is 3.47. The fraction of sp³-hybridized carbons (Fsp3) is 0.706. The highest BCUT2D eigenvalue weighted by Crippen LogP contribution is 2.49. The summed E-state index contributed by atoms with van der Waals surface area (Å²) in [5.41, 5.74) is -1.56. The van der Waals surface area contributed by atoms with Gasteiger partial charge in [-0.05, 0) is 33.1 Å². The number of phosphoric ester groups is 1. The van der Waals surface area contributed by atoms with E-state index in [4.69, 9.17) is 23.0 Å². The van der Waals surface area contributed by atoms with Gasteiger partial charge in [0, 0.05) is 6.42 Å². The molecule has 0 aromatic carbocycles. The zero-order valence-corrected chi connectivity index (χ0v) is 17.2. The number of rotatable bonds is 15. The lowest BCUT2D eigenvalue weighted by Crippen LogP contribution is -2.41. The second kappa shape index (κ2) is 13.6. The molecule has 0 aromatic rings. The average molecular weight is 408 g/mol. The molecule has 9 nitrogen and oxygen atoms in total. The standard InChI is InChI=1S/C17H29O9P/c1-5-24-27(21,25-6-2)26-14-10-8-12-17(15(19)22-3,16(20)23-4)11-7-9-13-18/h8,10,13H,5-7,9,11-12,14H2,1-4H3/b10-8+. The molecule has 0 spiro atoms. The Labute approximate surface area is 159 Å². The highest BCUT2D eigenvalue weighted by molar-refractivity contribution is 7.48. The van der Waals surface area contributed by atoms with E-state index in [0.717, 1.165) is 0 Å². The molecule has 0 fully saturated rings. The van der Waals surface area contributed by atoms with Gasteiger partial charge in [-0.15, -0.1) is 0 Å². The van der Waals surface area contributed by atoms with E-state index in [0.29, 0.717) is 12.7 Å². The molecule has 0 bridgehead atoms.